The summed E-state index contributed by atoms with van der Waals surface area (Å²) >= 11 is 2.60. The minimum atomic E-state index is -0.430. The van der Waals surface area contributed by atoms with Crippen LogP contribution < -0.4 is 5.32 Å². The van der Waals surface area contributed by atoms with Crippen LogP contribution in [0, 0.1) is 13.8 Å². The number of nitrogens with one attached hydrogen (secondary N) is 1. The lowest BCUT2D eigenvalue weighted by atomic mass is 10.4. The maximum Gasteiger partial charge on any atom is 0.350 e. The first-order chi connectivity index (χ1) is 11.0. The standard InChI is InChI=1S/C14H14N4O3S2/c1-4-21-12(20)10-8(3)15-13(23-10)17-11(19)9-6-18-5-7(2)22-14(18)16-9/h5-6H,4H2,1-3H3,(H,15,17,19). The lowest BCUT2D eigenvalue weighted by Crippen LogP contribution is -2.12. The summed E-state index contributed by atoms with van der Waals surface area (Å²) in [5.74, 6) is -0.788. The van der Waals surface area contributed by atoms with Gasteiger partial charge in [-0.2, -0.15) is 0 Å². The minimum absolute atomic E-state index is 0.294. The average Bonchev–Trinajstić information content (AvgIpc) is 3.11. The third kappa shape index (κ3) is 3.10. The van der Waals surface area contributed by atoms with Crippen molar-refractivity contribution in [3.8, 4) is 0 Å². The Morgan fingerprint density at radius 2 is 2.04 bits per heavy atom. The van der Waals surface area contributed by atoms with Crippen molar-refractivity contribution in [1.82, 2.24) is 14.4 Å². The summed E-state index contributed by atoms with van der Waals surface area (Å²) in [4.78, 5) is 34.8. The van der Waals surface area contributed by atoms with Gasteiger partial charge in [-0.25, -0.2) is 14.8 Å². The summed E-state index contributed by atoms with van der Waals surface area (Å²) in [7, 11) is 0. The minimum Gasteiger partial charge on any atom is -0.462 e. The van der Waals surface area contributed by atoms with Crippen LogP contribution in [0.2, 0.25) is 0 Å². The second kappa shape index (κ2) is 6.09. The molecule has 0 aliphatic carbocycles. The van der Waals surface area contributed by atoms with Crippen molar-refractivity contribution in [2.24, 2.45) is 0 Å². The summed E-state index contributed by atoms with van der Waals surface area (Å²) in [6.45, 7) is 5.72. The maximum atomic E-state index is 12.3. The molecule has 0 fully saturated rings. The predicted octanol–water partition coefficient (Wildman–Crippen LogP) is 2.90. The zero-order valence-electron chi connectivity index (χ0n) is 12.7. The molecular weight excluding hydrogens is 336 g/mol. The number of thiazole rings is 2. The molecule has 0 aliphatic rings. The molecule has 1 N–H and O–H groups in total. The number of aryl methyl sites for hydroxylation is 2. The number of fused-ring (bicyclic) bond motifs is 1. The first kappa shape index (κ1) is 15.6. The Balaban J connectivity index is 1.78. The van der Waals surface area contributed by atoms with Gasteiger partial charge in [0, 0.05) is 17.3 Å². The second-order valence-electron chi connectivity index (χ2n) is 4.77. The van der Waals surface area contributed by atoms with Crippen LogP contribution in [0.15, 0.2) is 12.4 Å². The third-order valence-electron chi connectivity index (χ3n) is 2.98. The van der Waals surface area contributed by atoms with Gasteiger partial charge >= 0.3 is 5.97 Å². The molecule has 7 nitrogen and oxygen atoms in total. The first-order valence-corrected chi connectivity index (χ1v) is 8.52. The van der Waals surface area contributed by atoms with Gasteiger partial charge in [-0.3, -0.25) is 14.5 Å². The summed E-state index contributed by atoms with van der Waals surface area (Å²) in [6, 6.07) is 0. The van der Waals surface area contributed by atoms with Gasteiger partial charge in [-0.15, -0.1) is 11.3 Å². The zero-order valence-corrected chi connectivity index (χ0v) is 14.4. The molecule has 0 bridgehead atoms. The number of imidazole rings is 1. The Labute approximate surface area is 140 Å². The van der Waals surface area contributed by atoms with Gasteiger partial charge in [0.15, 0.2) is 10.1 Å². The van der Waals surface area contributed by atoms with E-state index in [9.17, 15) is 9.59 Å². The van der Waals surface area contributed by atoms with E-state index in [1.807, 2.05) is 17.5 Å². The number of aromatic nitrogens is 3. The van der Waals surface area contributed by atoms with E-state index < -0.39 is 5.97 Å². The topological polar surface area (TPSA) is 85.6 Å². The molecule has 1 amide bonds. The van der Waals surface area contributed by atoms with Crippen LogP contribution in [-0.4, -0.2) is 32.9 Å². The van der Waals surface area contributed by atoms with Crippen molar-refractivity contribution in [1.29, 1.82) is 0 Å². The Bertz CT molecular complexity index is 862. The van der Waals surface area contributed by atoms with Gasteiger partial charge in [0.25, 0.3) is 5.91 Å². The molecule has 0 aromatic carbocycles. The van der Waals surface area contributed by atoms with Gasteiger partial charge < -0.3 is 4.74 Å². The van der Waals surface area contributed by atoms with Crippen LogP contribution in [0.1, 0.15) is 37.7 Å². The number of carbonyl (C=O) groups excluding carboxylic acids is 2. The number of anilines is 1. The molecular formula is C14H14N4O3S2. The van der Waals surface area contributed by atoms with Crippen LogP contribution >= 0.6 is 22.7 Å². The largest absolute Gasteiger partial charge is 0.462 e. The number of rotatable bonds is 4. The molecule has 3 heterocycles. The highest BCUT2D eigenvalue weighted by atomic mass is 32.1. The van der Waals surface area contributed by atoms with E-state index >= 15 is 0 Å². The number of amides is 1. The molecule has 3 aromatic heterocycles. The normalized spacial score (nSPS) is 10.9. The summed E-state index contributed by atoms with van der Waals surface area (Å²) in [6.07, 6.45) is 3.58. The molecule has 0 atom stereocenters. The van der Waals surface area contributed by atoms with Crippen molar-refractivity contribution in [2.75, 3.05) is 11.9 Å². The summed E-state index contributed by atoms with van der Waals surface area (Å²) < 4.78 is 6.77. The SMILES string of the molecule is CCOC(=O)c1sc(NC(=O)c2cn3cc(C)sc3n2)nc1C. The van der Waals surface area contributed by atoms with Crippen LogP contribution in [0.25, 0.3) is 4.96 Å². The van der Waals surface area contributed by atoms with E-state index in [1.54, 1.807) is 20.0 Å². The fraction of sp³-hybridized carbons (Fsp3) is 0.286. The molecule has 9 heteroatoms. The van der Waals surface area contributed by atoms with Crippen molar-refractivity contribution in [2.45, 2.75) is 20.8 Å². The zero-order chi connectivity index (χ0) is 16.6. The van der Waals surface area contributed by atoms with Crippen molar-refractivity contribution in [3.63, 3.8) is 0 Å². The maximum absolute atomic E-state index is 12.3. The van der Waals surface area contributed by atoms with Gasteiger partial charge in [0.05, 0.1) is 12.3 Å². The van der Waals surface area contributed by atoms with E-state index in [0.29, 0.717) is 28.0 Å². The number of nitrogens with zero attached hydrogens (tertiary/aromatic N) is 3. The van der Waals surface area contributed by atoms with Crippen molar-refractivity contribution < 1.29 is 14.3 Å². The van der Waals surface area contributed by atoms with Crippen molar-refractivity contribution >= 4 is 44.6 Å². The molecule has 0 unspecified atom stereocenters. The predicted molar refractivity (Wildman–Crippen MR) is 88.6 cm³/mol. The molecule has 0 spiro atoms. The average molecular weight is 350 g/mol. The highest BCUT2D eigenvalue weighted by Crippen LogP contribution is 2.24. The van der Waals surface area contributed by atoms with Crippen LogP contribution in [0.3, 0.4) is 0 Å². The Kier molecular flexibility index (Phi) is 4.14. The molecule has 3 aromatic rings. The molecule has 0 radical (unpaired) electrons. The molecule has 3 rings (SSSR count). The van der Waals surface area contributed by atoms with Gasteiger partial charge in [0.1, 0.15) is 10.6 Å². The van der Waals surface area contributed by atoms with E-state index in [4.69, 9.17) is 4.74 Å². The van der Waals surface area contributed by atoms with E-state index in [-0.39, 0.29) is 5.91 Å². The summed E-state index contributed by atoms with van der Waals surface area (Å²) in [5.41, 5.74) is 0.840. The smallest absolute Gasteiger partial charge is 0.350 e. The van der Waals surface area contributed by atoms with Gasteiger partial charge in [-0.1, -0.05) is 11.3 Å². The highest BCUT2D eigenvalue weighted by Gasteiger charge is 2.19. The number of carbonyl (C=O) groups is 2. The molecule has 0 saturated heterocycles. The second-order valence-corrected chi connectivity index (χ2v) is 6.98. The molecule has 0 saturated carbocycles. The molecule has 120 valence electrons. The summed E-state index contributed by atoms with van der Waals surface area (Å²) in [5, 5.41) is 3.02. The van der Waals surface area contributed by atoms with E-state index in [2.05, 4.69) is 15.3 Å². The highest BCUT2D eigenvalue weighted by molar-refractivity contribution is 7.17. The number of hydrogen-bond donors (Lipinski definition) is 1. The lowest BCUT2D eigenvalue weighted by molar-refractivity contribution is 0.0531. The lowest BCUT2D eigenvalue weighted by Gasteiger charge is -1.98. The van der Waals surface area contributed by atoms with E-state index in [1.165, 1.54) is 11.3 Å². The number of esters is 1. The Morgan fingerprint density at radius 3 is 2.74 bits per heavy atom. The quantitative estimate of drug-likeness (QED) is 0.731. The van der Waals surface area contributed by atoms with E-state index in [0.717, 1.165) is 21.2 Å². The number of hydrogen-bond acceptors (Lipinski definition) is 7. The fourth-order valence-electron chi connectivity index (χ4n) is 2.02. The van der Waals surface area contributed by atoms with Gasteiger partial charge in [0.2, 0.25) is 0 Å². The van der Waals surface area contributed by atoms with Crippen LogP contribution in [-0.2, 0) is 4.74 Å². The monoisotopic (exact) mass is 350 g/mol. The third-order valence-corrected chi connectivity index (χ3v) is 4.95. The van der Waals surface area contributed by atoms with Crippen LogP contribution in [0.4, 0.5) is 5.13 Å². The number of ether oxygens (including phenoxy) is 1. The van der Waals surface area contributed by atoms with Crippen LogP contribution in [0.5, 0.6) is 0 Å². The Morgan fingerprint density at radius 1 is 1.26 bits per heavy atom. The fourth-order valence-corrected chi connectivity index (χ4v) is 3.68. The molecule has 0 aliphatic heterocycles. The first-order valence-electron chi connectivity index (χ1n) is 6.89. The van der Waals surface area contributed by atoms with Crippen molar-refractivity contribution in [3.05, 3.63) is 33.5 Å². The van der Waals surface area contributed by atoms with Gasteiger partial charge in [-0.05, 0) is 20.8 Å². The molecule has 23 heavy (non-hydrogen) atoms. The Hall–Kier alpha value is -2.26.